The lowest BCUT2D eigenvalue weighted by molar-refractivity contribution is -0.142. The topological polar surface area (TPSA) is 81.2 Å². The molecule has 8 heteroatoms. The van der Waals surface area contributed by atoms with Crippen molar-refractivity contribution in [1.29, 1.82) is 0 Å². The molecule has 0 radical (unpaired) electrons. The number of halogens is 1. The van der Waals surface area contributed by atoms with Gasteiger partial charge in [0.2, 0.25) is 0 Å². The number of hydrogen-bond acceptors (Lipinski definition) is 6. The Balaban J connectivity index is 2.19. The fourth-order valence-corrected chi connectivity index (χ4v) is 2.84. The quantitative estimate of drug-likeness (QED) is 0.452. The van der Waals surface area contributed by atoms with Crippen molar-refractivity contribution in [3.8, 4) is 0 Å². The Morgan fingerprint density at radius 2 is 2.04 bits per heavy atom. The molecule has 2 aromatic rings. The first kappa shape index (κ1) is 19.2. The molecule has 6 nitrogen and oxygen atoms in total. The Bertz CT molecular complexity index is 743. The van der Waals surface area contributed by atoms with Crippen LogP contribution in [0, 0.1) is 0 Å². The van der Waals surface area contributed by atoms with Crippen molar-refractivity contribution in [1.82, 2.24) is 15.3 Å². The third-order valence-electron chi connectivity index (χ3n) is 3.28. The van der Waals surface area contributed by atoms with E-state index in [0.29, 0.717) is 11.6 Å². The van der Waals surface area contributed by atoms with Gasteiger partial charge >= 0.3 is 5.97 Å². The van der Waals surface area contributed by atoms with Gasteiger partial charge in [-0.15, -0.1) is 0 Å². The summed E-state index contributed by atoms with van der Waals surface area (Å²) in [6.45, 7) is 1.95. The first-order valence-electron chi connectivity index (χ1n) is 7.63. The molecule has 0 saturated carbocycles. The van der Waals surface area contributed by atoms with Crippen LogP contribution < -0.4 is 5.32 Å². The zero-order chi connectivity index (χ0) is 18.2. The molecule has 0 bridgehead atoms. The van der Waals surface area contributed by atoms with Crippen molar-refractivity contribution in [2.75, 3.05) is 12.9 Å². The molecule has 0 aliphatic heterocycles. The number of amides is 1. The summed E-state index contributed by atoms with van der Waals surface area (Å²) in [5.74, 6) is -0.316. The van der Waals surface area contributed by atoms with Crippen LogP contribution >= 0.6 is 23.4 Å². The zero-order valence-electron chi connectivity index (χ0n) is 13.9. The third kappa shape index (κ3) is 5.44. The van der Waals surface area contributed by atoms with Crippen LogP contribution in [0.5, 0.6) is 0 Å². The molecule has 132 valence electrons. The fourth-order valence-electron chi connectivity index (χ4n) is 2.12. The zero-order valence-corrected chi connectivity index (χ0v) is 15.4. The number of carbonyl (C=O) groups excluding carboxylic acids is 2. The van der Waals surface area contributed by atoms with Crippen molar-refractivity contribution in [2.45, 2.75) is 24.5 Å². The Morgan fingerprint density at radius 1 is 1.32 bits per heavy atom. The highest BCUT2D eigenvalue weighted by molar-refractivity contribution is 7.99. The maximum Gasteiger partial charge on any atom is 0.328 e. The van der Waals surface area contributed by atoms with E-state index in [2.05, 4.69) is 15.3 Å². The Kier molecular flexibility index (Phi) is 7.21. The van der Waals surface area contributed by atoms with Crippen molar-refractivity contribution in [2.24, 2.45) is 0 Å². The van der Waals surface area contributed by atoms with E-state index in [0.717, 1.165) is 11.3 Å². The first-order valence-corrected chi connectivity index (χ1v) is 8.99. The molecule has 1 atom stereocenters. The molecule has 1 amide bonds. The summed E-state index contributed by atoms with van der Waals surface area (Å²) in [4.78, 5) is 32.8. The summed E-state index contributed by atoms with van der Waals surface area (Å²) in [6, 6.07) is 8.50. The van der Waals surface area contributed by atoms with Crippen LogP contribution in [0.2, 0.25) is 5.02 Å². The number of nitrogens with zero attached hydrogens (tertiary/aromatic N) is 2. The number of thioether (sulfide) groups is 1. The van der Waals surface area contributed by atoms with Crippen molar-refractivity contribution >= 4 is 35.2 Å². The van der Waals surface area contributed by atoms with E-state index in [9.17, 15) is 9.59 Å². The van der Waals surface area contributed by atoms with Crippen molar-refractivity contribution in [3.63, 3.8) is 0 Å². The van der Waals surface area contributed by atoms with E-state index in [-0.39, 0.29) is 10.7 Å². The molecule has 1 N–H and O–H groups in total. The standard InChI is InChI=1S/C17H18ClN3O3S/c1-3-25-17-19-10-12(18)14(21-17)15(22)20-13(16(23)24-2)9-11-7-5-4-6-8-11/h4-8,10,13H,3,9H2,1-2H3,(H,20,22)/t13-/m1/s1. The van der Waals surface area contributed by atoms with Crippen molar-refractivity contribution in [3.05, 3.63) is 52.8 Å². The highest BCUT2D eigenvalue weighted by Crippen LogP contribution is 2.18. The second kappa shape index (κ2) is 9.39. The maximum atomic E-state index is 12.5. The summed E-state index contributed by atoms with van der Waals surface area (Å²) in [6.07, 6.45) is 1.68. The molecule has 2 rings (SSSR count). The summed E-state index contributed by atoms with van der Waals surface area (Å²) in [5.41, 5.74) is 0.934. The van der Waals surface area contributed by atoms with Crippen LogP contribution in [0.15, 0.2) is 41.7 Å². The number of aromatic nitrogens is 2. The summed E-state index contributed by atoms with van der Waals surface area (Å²) < 4.78 is 4.79. The largest absolute Gasteiger partial charge is 0.467 e. The lowest BCUT2D eigenvalue weighted by atomic mass is 10.1. The Hall–Kier alpha value is -2.12. The molecule has 0 fully saturated rings. The average molecular weight is 380 g/mol. The maximum absolute atomic E-state index is 12.5. The molecule has 1 aromatic carbocycles. The number of ether oxygens (including phenoxy) is 1. The van der Waals surface area contributed by atoms with Gasteiger partial charge in [0.1, 0.15) is 6.04 Å². The average Bonchev–Trinajstić information content (AvgIpc) is 2.63. The highest BCUT2D eigenvalue weighted by Gasteiger charge is 2.24. The number of hydrogen-bond donors (Lipinski definition) is 1. The lowest BCUT2D eigenvalue weighted by Gasteiger charge is -2.17. The molecular formula is C17H18ClN3O3S. The minimum atomic E-state index is -0.840. The number of esters is 1. The molecule has 0 spiro atoms. The minimum Gasteiger partial charge on any atom is -0.467 e. The van der Waals surface area contributed by atoms with Gasteiger partial charge in [0.25, 0.3) is 5.91 Å². The molecule has 0 unspecified atom stereocenters. The van der Waals surface area contributed by atoms with Crippen LogP contribution in [0.1, 0.15) is 23.0 Å². The third-order valence-corrected chi connectivity index (χ3v) is 4.30. The predicted molar refractivity (Wildman–Crippen MR) is 96.9 cm³/mol. The molecule has 0 aliphatic carbocycles. The minimum absolute atomic E-state index is 0.0366. The second-order valence-electron chi connectivity index (χ2n) is 5.02. The van der Waals surface area contributed by atoms with E-state index >= 15 is 0 Å². The van der Waals surface area contributed by atoms with Gasteiger partial charge in [-0.05, 0) is 11.3 Å². The van der Waals surface area contributed by atoms with E-state index < -0.39 is 17.9 Å². The van der Waals surface area contributed by atoms with Gasteiger partial charge in [-0.1, -0.05) is 60.6 Å². The predicted octanol–water partition coefficient (Wildman–Crippen LogP) is 2.76. The summed E-state index contributed by atoms with van der Waals surface area (Å²) >= 11 is 7.43. The van der Waals surface area contributed by atoms with Crippen molar-refractivity contribution < 1.29 is 14.3 Å². The van der Waals surface area contributed by atoms with Gasteiger partial charge in [0.05, 0.1) is 18.3 Å². The Labute approximate surface area is 155 Å². The van der Waals surface area contributed by atoms with Gasteiger partial charge in [-0.3, -0.25) is 4.79 Å². The van der Waals surface area contributed by atoms with Crippen LogP contribution in [-0.4, -0.2) is 40.7 Å². The molecule has 1 aromatic heterocycles. The normalized spacial score (nSPS) is 11.6. The van der Waals surface area contributed by atoms with E-state index in [1.54, 1.807) is 0 Å². The number of carbonyl (C=O) groups is 2. The molecule has 0 aliphatic rings. The smallest absolute Gasteiger partial charge is 0.328 e. The number of methoxy groups -OCH3 is 1. The second-order valence-corrected chi connectivity index (χ2v) is 6.66. The number of rotatable bonds is 7. The van der Waals surface area contributed by atoms with Gasteiger partial charge in [0.15, 0.2) is 10.9 Å². The van der Waals surface area contributed by atoms with Gasteiger partial charge < -0.3 is 10.1 Å². The van der Waals surface area contributed by atoms with Gasteiger partial charge in [-0.2, -0.15) is 0 Å². The first-order chi connectivity index (χ1) is 12.0. The van der Waals surface area contributed by atoms with Crippen LogP contribution in [-0.2, 0) is 16.0 Å². The fraction of sp³-hybridized carbons (Fsp3) is 0.294. The van der Waals surface area contributed by atoms with Crippen LogP contribution in [0.4, 0.5) is 0 Å². The molecule has 25 heavy (non-hydrogen) atoms. The monoisotopic (exact) mass is 379 g/mol. The van der Waals surface area contributed by atoms with Crippen LogP contribution in [0.3, 0.4) is 0 Å². The number of nitrogens with one attached hydrogen (secondary N) is 1. The summed E-state index contributed by atoms with van der Waals surface area (Å²) in [5, 5.41) is 3.22. The molecule has 1 heterocycles. The van der Waals surface area contributed by atoms with E-state index in [1.807, 2.05) is 37.3 Å². The van der Waals surface area contributed by atoms with E-state index in [1.165, 1.54) is 25.1 Å². The molecule has 0 saturated heterocycles. The SMILES string of the molecule is CCSc1ncc(Cl)c(C(=O)N[C@H](Cc2ccccc2)C(=O)OC)n1. The lowest BCUT2D eigenvalue weighted by Crippen LogP contribution is -2.43. The number of benzene rings is 1. The van der Waals surface area contributed by atoms with Crippen LogP contribution in [0.25, 0.3) is 0 Å². The Morgan fingerprint density at radius 3 is 2.68 bits per heavy atom. The molecular weight excluding hydrogens is 362 g/mol. The summed E-state index contributed by atoms with van der Waals surface area (Å²) in [7, 11) is 1.28. The highest BCUT2D eigenvalue weighted by atomic mass is 35.5. The van der Waals surface area contributed by atoms with Gasteiger partial charge in [-0.25, -0.2) is 14.8 Å². The van der Waals surface area contributed by atoms with E-state index in [4.69, 9.17) is 16.3 Å². The van der Waals surface area contributed by atoms with Gasteiger partial charge in [0, 0.05) is 6.42 Å².